The van der Waals surface area contributed by atoms with E-state index in [4.69, 9.17) is 22.1 Å². The number of rotatable bonds is 3. The molecule has 0 saturated heterocycles. The number of halogens is 1. The van der Waals surface area contributed by atoms with Crippen LogP contribution in [0.2, 0.25) is 5.02 Å². The molecule has 20 heavy (non-hydrogen) atoms. The minimum atomic E-state index is 0.361. The van der Waals surface area contributed by atoms with Crippen molar-refractivity contribution in [1.82, 2.24) is 0 Å². The van der Waals surface area contributed by atoms with Crippen LogP contribution in [0.15, 0.2) is 42.5 Å². The Labute approximate surface area is 124 Å². The van der Waals surface area contributed by atoms with Crippen LogP contribution in [0.5, 0.6) is 5.75 Å². The van der Waals surface area contributed by atoms with E-state index in [0.29, 0.717) is 23.9 Å². The van der Waals surface area contributed by atoms with Gasteiger partial charge >= 0.3 is 0 Å². The summed E-state index contributed by atoms with van der Waals surface area (Å²) in [4.78, 5) is 0. The molecule has 0 atom stereocenters. The molecule has 2 nitrogen and oxygen atoms in total. The minimum Gasteiger partial charge on any atom is -0.487 e. The summed E-state index contributed by atoms with van der Waals surface area (Å²) in [5.41, 5.74) is 8.46. The molecule has 0 amide bonds. The van der Waals surface area contributed by atoms with E-state index < -0.39 is 0 Å². The average molecular weight is 286 g/mol. The molecule has 0 radical (unpaired) electrons. The Balaban J connectivity index is 2.07. The molecular formula is C17H16ClNO. The van der Waals surface area contributed by atoms with Crippen molar-refractivity contribution in [1.29, 1.82) is 0 Å². The lowest BCUT2D eigenvalue weighted by Crippen LogP contribution is -1.97. The number of hydrogen-bond acceptors (Lipinski definition) is 2. The van der Waals surface area contributed by atoms with Crippen LogP contribution in [0.4, 0.5) is 0 Å². The van der Waals surface area contributed by atoms with Crippen molar-refractivity contribution in [2.75, 3.05) is 6.54 Å². The maximum Gasteiger partial charge on any atom is 0.138 e. The number of nitrogens with two attached hydrogens (primary N) is 1. The largest absolute Gasteiger partial charge is 0.487 e. The highest BCUT2D eigenvalue weighted by Gasteiger charge is 2.02. The molecule has 0 aliphatic heterocycles. The first kappa shape index (κ1) is 14.5. The highest BCUT2D eigenvalue weighted by molar-refractivity contribution is 6.32. The maximum absolute atomic E-state index is 6.13. The molecule has 2 aromatic carbocycles. The van der Waals surface area contributed by atoms with E-state index in [0.717, 1.165) is 16.7 Å². The van der Waals surface area contributed by atoms with E-state index in [9.17, 15) is 0 Å². The quantitative estimate of drug-likeness (QED) is 0.876. The third-order valence-corrected chi connectivity index (χ3v) is 3.04. The van der Waals surface area contributed by atoms with Gasteiger partial charge in [-0.15, -0.1) is 0 Å². The van der Waals surface area contributed by atoms with Crippen molar-refractivity contribution >= 4 is 11.6 Å². The van der Waals surface area contributed by atoms with Crippen molar-refractivity contribution in [2.24, 2.45) is 5.73 Å². The molecular weight excluding hydrogens is 270 g/mol. The SMILES string of the molecule is Cc1ccc(OCc2cccc(C#CCN)c2)c(Cl)c1. The number of ether oxygens (including phenoxy) is 1. The molecule has 0 saturated carbocycles. The van der Waals surface area contributed by atoms with E-state index in [1.807, 2.05) is 49.4 Å². The molecule has 102 valence electrons. The lowest BCUT2D eigenvalue weighted by atomic mass is 10.1. The Morgan fingerprint density at radius 2 is 2.05 bits per heavy atom. The Hall–Kier alpha value is -1.95. The predicted molar refractivity (Wildman–Crippen MR) is 82.9 cm³/mol. The van der Waals surface area contributed by atoms with Crippen LogP contribution < -0.4 is 10.5 Å². The van der Waals surface area contributed by atoms with E-state index in [1.54, 1.807) is 0 Å². The fourth-order valence-corrected chi connectivity index (χ4v) is 2.07. The van der Waals surface area contributed by atoms with Crippen LogP contribution in [0.25, 0.3) is 0 Å². The smallest absolute Gasteiger partial charge is 0.138 e. The summed E-state index contributed by atoms with van der Waals surface area (Å²) in [6.45, 7) is 2.82. The monoisotopic (exact) mass is 285 g/mol. The first-order valence-electron chi connectivity index (χ1n) is 6.36. The van der Waals surface area contributed by atoms with Gasteiger partial charge in [0.05, 0.1) is 11.6 Å². The summed E-state index contributed by atoms with van der Waals surface area (Å²) >= 11 is 6.13. The first-order valence-corrected chi connectivity index (χ1v) is 6.73. The number of benzene rings is 2. The lowest BCUT2D eigenvalue weighted by Gasteiger charge is -2.09. The molecule has 0 aromatic heterocycles. The summed E-state index contributed by atoms with van der Waals surface area (Å²) in [5, 5.41) is 0.629. The Morgan fingerprint density at radius 1 is 1.20 bits per heavy atom. The summed E-state index contributed by atoms with van der Waals surface area (Å²) in [7, 11) is 0. The van der Waals surface area contributed by atoms with Crippen molar-refractivity contribution in [3.63, 3.8) is 0 Å². The zero-order chi connectivity index (χ0) is 14.4. The molecule has 0 spiro atoms. The van der Waals surface area contributed by atoms with Crippen molar-refractivity contribution in [3.8, 4) is 17.6 Å². The van der Waals surface area contributed by atoms with Gasteiger partial charge in [0.25, 0.3) is 0 Å². The Morgan fingerprint density at radius 3 is 2.80 bits per heavy atom. The Kier molecular flexibility index (Phi) is 5.06. The van der Waals surface area contributed by atoms with Gasteiger partial charge in [-0.3, -0.25) is 0 Å². The number of hydrogen-bond donors (Lipinski definition) is 1. The minimum absolute atomic E-state index is 0.361. The predicted octanol–water partition coefficient (Wildman–Crippen LogP) is 3.54. The van der Waals surface area contributed by atoms with Crippen LogP contribution in [0.1, 0.15) is 16.7 Å². The zero-order valence-electron chi connectivity index (χ0n) is 11.3. The van der Waals surface area contributed by atoms with Crippen LogP contribution >= 0.6 is 11.6 Å². The van der Waals surface area contributed by atoms with Gasteiger partial charge in [-0.25, -0.2) is 0 Å². The van der Waals surface area contributed by atoms with Crippen molar-refractivity contribution in [2.45, 2.75) is 13.5 Å². The molecule has 0 aliphatic carbocycles. The Bertz CT molecular complexity index is 656. The summed E-state index contributed by atoms with van der Waals surface area (Å²) in [6.07, 6.45) is 0. The van der Waals surface area contributed by atoms with Crippen LogP contribution in [-0.4, -0.2) is 6.54 Å². The topological polar surface area (TPSA) is 35.2 Å². The molecule has 0 heterocycles. The van der Waals surface area contributed by atoms with Gasteiger partial charge in [-0.1, -0.05) is 41.6 Å². The van der Waals surface area contributed by atoms with E-state index in [1.165, 1.54) is 0 Å². The highest BCUT2D eigenvalue weighted by Crippen LogP contribution is 2.26. The molecule has 0 fully saturated rings. The molecule has 0 bridgehead atoms. The second-order valence-corrected chi connectivity index (χ2v) is 4.84. The normalized spacial score (nSPS) is 9.75. The first-order chi connectivity index (χ1) is 9.69. The van der Waals surface area contributed by atoms with Crippen molar-refractivity contribution in [3.05, 3.63) is 64.2 Å². The van der Waals surface area contributed by atoms with Gasteiger partial charge in [0.1, 0.15) is 12.4 Å². The van der Waals surface area contributed by atoms with Crippen molar-refractivity contribution < 1.29 is 4.74 Å². The van der Waals surface area contributed by atoms with Crippen LogP contribution in [-0.2, 0) is 6.61 Å². The molecule has 0 unspecified atom stereocenters. The van der Waals surface area contributed by atoms with E-state index >= 15 is 0 Å². The second-order valence-electron chi connectivity index (χ2n) is 4.43. The van der Waals surface area contributed by atoms with Gasteiger partial charge in [0, 0.05) is 5.56 Å². The molecule has 2 aromatic rings. The zero-order valence-corrected chi connectivity index (χ0v) is 12.1. The maximum atomic E-state index is 6.13. The van der Waals surface area contributed by atoms with Gasteiger partial charge in [-0.2, -0.15) is 0 Å². The average Bonchev–Trinajstić information content (AvgIpc) is 2.45. The molecule has 2 rings (SSSR count). The number of aryl methyl sites for hydroxylation is 1. The fourth-order valence-electron chi connectivity index (χ4n) is 1.78. The summed E-state index contributed by atoms with van der Waals surface area (Å²) < 4.78 is 5.73. The molecule has 0 aliphatic rings. The van der Waals surface area contributed by atoms with E-state index in [2.05, 4.69) is 11.8 Å². The van der Waals surface area contributed by atoms with Crippen LogP contribution in [0, 0.1) is 18.8 Å². The van der Waals surface area contributed by atoms with Gasteiger partial charge in [-0.05, 0) is 42.3 Å². The third-order valence-electron chi connectivity index (χ3n) is 2.74. The molecule has 3 heteroatoms. The standard InChI is InChI=1S/C17H16ClNO/c1-13-7-8-17(16(18)10-13)20-12-15-5-2-4-14(11-15)6-3-9-19/h2,4-5,7-8,10-11H,9,12,19H2,1H3. The summed E-state index contributed by atoms with van der Waals surface area (Å²) in [6, 6.07) is 13.6. The van der Waals surface area contributed by atoms with E-state index in [-0.39, 0.29) is 0 Å². The fraction of sp³-hybridized carbons (Fsp3) is 0.176. The summed E-state index contributed by atoms with van der Waals surface area (Å²) in [5.74, 6) is 6.53. The van der Waals surface area contributed by atoms with Gasteiger partial charge in [0.15, 0.2) is 0 Å². The highest BCUT2D eigenvalue weighted by atomic mass is 35.5. The second kappa shape index (κ2) is 7.00. The van der Waals surface area contributed by atoms with Gasteiger partial charge in [0.2, 0.25) is 0 Å². The molecule has 2 N–H and O–H groups in total. The third kappa shape index (κ3) is 4.03. The van der Waals surface area contributed by atoms with Crippen LogP contribution in [0.3, 0.4) is 0 Å². The lowest BCUT2D eigenvalue weighted by molar-refractivity contribution is 0.306. The van der Waals surface area contributed by atoms with Gasteiger partial charge < -0.3 is 10.5 Å².